The molecule has 2 nitrogen and oxygen atoms in total. The van der Waals surface area contributed by atoms with E-state index >= 15 is 0 Å². The van der Waals surface area contributed by atoms with Gasteiger partial charge < -0.3 is 10.1 Å². The first-order valence-corrected chi connectivity index (χ1v) is 2.13. The van der Waals surface area contributed by atoms with Crippen LogP contribution in [0.5, 0.6) is 0 Å². The van der Waals surface area contributed by atoms with Crippen molar-refractivity contribution in [1.82, 2.24) is 5.32 Å². The molecule has 35 valence electrons. The fourth-order valence-corrected chi connectivity index (χ4v) is 0.434. The monoisotopic (exact) mass is 86.1 g/mol. The summed E-state index contributed by atoms with van der Waals surface area (Å²) in [5, 5.41) is 3.03. The molecule has 0 aliphatic carbocycles. The largest absolute Gasteiger partial charge is 0.378 e. The van der Waals surface area contributed by atoms with Gasteiger partial charge in [0.05, 0.1) is 13.2 Å². The van der Waals surface area contributed by atoms with Crippen molar-refractivity contribution in [2.24, 2.45) is 0 Å². The maximum atomic E-state index is 4.95. The van der Waals surface area contributed by atoms with Crippen molar-refractivity contribution in [2.45, 2.75) is 0 Å². The molecule has 1 saturated heterocycles. The lowest BCUT2D eigenvalue weighted by molar-refractivity contribution is 0.129. The molecule has 1 heterocycles. The van der Waals surface area contributed by atoms with Crippen molar-refractivity contribution >= 4 is 0 Å². The quantitative estimate of drug-likeness (QED) is 0.439. The van der Waals surface area contributed by atoms with E-state index in [-0.39, 0.29) is 0 Å². The molecule has 0 atom stereocenters. The first-order valence-electron chi connectivity index (χ1n) is 2.13. The second-order valence-electron chi connectivity index (χ2n) is 1.23. The lowest BCUT2D eigenvalue weighted by Gasteiger charge is -2.09. The van der Waals surface area contributed by atoms with Crippen LogP contribution in [0.2, 0.25) is 0 Å². The number of hydrogen-bond acceptors (Lipinski definition) is 2. The van der Waals surface area contributed by atoms with E-state index in [9.17, 15) is 0 Å². The molecule has 2 heteroatoms. The van der Waals surface area contributed by atoms with E-state index in [1.54, 1.807) is 0 Å². The van der Waals surface area contributed by atoms with Gasteiger partial charge in [-0.15, -0.1) is 0 Å². The van der Waals surface area contributed by atoms with E-state index in [2.05, 4.69) is 5.32 Å². The van der Waals surface area contributed by atoms with E-state index in [0.29, 0.717) is 0 Å². The summed E-state index contributed by atoms with van der Waals surface area (Å²) in [5.74, 6) is 0. The lowest BCUT2D eigenvalue weighted by atomic mass is 10.5. The average Bonchev–Trinajstić information content (AvgIpc) is 1.72. The lowest BCUT2D eigenvalue weighted by Crippen LogP contribution is -2.25. The molecule has 1 N–H and O–H groups in total. The van der Waals surface area contributed by atoms with Gasteiger partial charge in [0, 0.05) is 13.1 Å². The van der Waals surface area contributed by atoms with Crippen molar-refractivity contribution in [3.63, 3.8) is 0 Å². The molecule has 1 aliphatic heterocycles. The van der Waals surface area contributed by atoms with E-state index in [0.717, 1.165) is 19.8 Å². The zero-order chi connectivity index (χ0) is 4.24. The fraction of sp³-hybridized carbons (Fsp3) is 0.750. The zero-order valence-electron chi connectivity index (χ0n) is 3.61. The third kappa shape index (κ3) is 0.954. The van der Waals surface area contributed by atoms with Crippen LogP contribution in [0.25, 0.3) is 0 Å². The zero-order valence-corrected chi connectivity index (χ0v) is 3.61. The van der Waals surface area contributed by atoms with Gasteiger partial charge in [-0.3, -0.25) is 0 Å². The van der Waals surface area contributed by atoms with Gasteiger partial charge in [-0.1, -0.05) is 0 Å². The molecular formula is C4H8NO. The minimum atomic E-state index is 0.764. The van der Waals surface area contributed by atoms with Gasteiger partial charge in [-0.2, -0.15) is 0 Å². The minimum Gasteiger partial charge on any atom is -0.378 e. The van der Waals surface area contributed by atoms with Gasteiger partial charge in [0.1, 0.15) is 0 Å². The Labute approximate surface area is 37.5 Å². The SMILES string of the molecule is [CH]1COCCN1. The van der Waals surface area contributed by atoms with E-state index in [1.807, 2.05) is 6.54 Å². The summed E-state index contributed by atoms with van der Waals surface area (Å²) in [5.41, 5.74) is 0. The Balaban J connectivity index is 2.00. The summed E-state index contributed by atoms with van der Waals surface area (Å²) in [6, 6.07) is 0. The topological polar surface area (TPSA) is 21.3 Å². The second-order valence-corrected chi connectivity index (χ2v) is 1.23. The number of hydrogen-bond donors (Lipinski definition) is 1. The third-order valence-electron chi connectivity index (χ3n) is 0.736. The van der Waals surface area contributed by atoms with Crippen LogP contribution in [-0.4, -0.2) is 19.8 Å². The van der Waals surface area contributed by atoms with Crippen LogP contribution < -0.4 is 5.32 Å². The summed E-state index contributed by atoms with van der Waals surface area (Å²) >= 11 is 0. The van der Waals surface area contributed by atoms with Crippen LogP contribution in [0, 0.1) is 6.54 Å². The standard InChI is InChI=1S/C4H8NO/c1-3-6-4-2-5-1/h1,5H,2-4H2. The third-order valence-corrected chi connectivity index (χ3v) is 0.736. The van der Waals surface area contributed by atoms with Crippen molar-refractivity contribution in [3.8, 4) is 0 Å². The summed E-state index contributed by atoms with van der Waals surface area (Å²) < 4.78 is 4.95. The molecule has 0 bridgehead atoms. The van der Waals surface area contributed by atoms with Gasteiger partial charge in [0.2, 0.25) is 0 Å². The Hall–Kier alpha value is -0.0800. The Kier molecular flexibility index (Phi) is 1.47. The summed E-state index contributed by atoms with van der Waals surface area (Å²) in [6.45, 7) is 4.51. The van der Waals surface area contributed by atoms with Crippen LogP contribution in [0.3, 0.4) is 0 Å². The summed E-state index contributed by atoms with van der Waals surface area (Å²) in [6.07, 6.45) is 0. The van der Waals surface area contributed by atoms with E-state index in [4.69, 9.17) is 4.74 Å². The first-order chi connectivity index (χ1) is 3.00. The van der Waals surface area contributed by atoms with E-state index < -0.39 is 0 Å². The maximum absolute atomic E-state index is 4.95. The van der Waals surface area contributed by atoms with Crippen LogP contribution in [-0.2, 0) is 4.74 Å². The molecule has 0 aromatic heterocycles. The molecule has 1 radical (unpaired) electrons. The highest BCUT2D eigenvalue weighted by atomic mass is 16.5. The predicted octanol–water partition coefficient (Wildman–Crippen LogP) is -0.232. The molecule has 6 heavy (non-hydrogen) atoms. The molecule has 1 fully saturated rings. The van der Waals surface area contributed by atoms with Crippen LogP contribution in [0.15, 0.2) is 0 Å². The minimum absolute atomic E-state index is 0.764. The first kappa shape index (κ1) is 4.09. The number of rotatable bonds is 0. The molecule has 0 saturated carbocycles. The second kappa shape index (κ2) is 2.16. The Morgan fingerprint density at radius 2 is 2.67 bits per heavy atom. The number of morpholine rings is 1. The molecule has 0 aromatic rings. The Morgan fingerprint density at radius 3 is 2.83 bits per heavy atom. The predicted molar refractivity (Wildman–Crippen MR) is 23.1 cm³/mol. The van der Waals surface area contributed by atoms with Crippen molar-refractivity contribution in [1.29, 1.82) is 0 Å². The molecule has 1 rings (SSSR count). The van der Waals surface area contributed by atoms with Crippen LogP contribution in [0.4, 0.5) is 0 Å². The highest BCUT2D eigenvalue weighted by Crippen LogP contribution is 1.81. The van der Waals surface area contributed by atoms with Gasteiger partial charge in [-0.05, 0) is 0 Å². The van der Waals surface area contributed by atoms with Crippen molar-refractivity contribution < 1.29 is 4.74 Å². The smallest absolute Gasteiger partial charge is 0.0636 e. The fourth-order valence-electron chi connectivity index (χ4n) is 0.434. The average molecular weight is 86.1 g/mol. The van der Waals surface area contributed by atoms with Gasteiger partial charge in [-0.25, -0.2) is 0 Å². The molecule has 0 spiro atoms. The highest BCUT2D eigenvalue weighted by Gasteiger charge is 1.93. The van der Waals surface area contributed by atoms with E-state index in [1.165, 1.54) is 0 Å². The van der Waals surface area contributed by atoms with Crippen molar-refractivity contribution in [2.75, 3.05) is 19.8 Å². The van der Waals surface area contributed by atoms with Crippen LogP contribution in [0.1, 0.15) is 0 Å². The summed E-state index contributed by atoms with van der Waals surface area (Å²) in [4.78, 5) is 0. The number of ether oxygens (including phenoxy) is 1. The number of nitrogens with one attached hydrogen (secondary N) is 1. The molecule has 1 aliphatic rings. The molecule has 0 aromatic carbocycles. The molecular weight excluding hydrogens is 78.0 g/mol. The Morgan fingerprint density at radius 1 is 1.67 bits per heavy atom. The van der Waals surface area contributed by atoms with Crippen LogP contribution >= 0.6 is 0 Å². The normalized spacial score (nSPS) is 24.0. The molecule has 0 unspecified atom stereocenters. The van der Waals surface area contributed by atoms with Gasteiger partial charge in [0.25, 0.3) is 0 Å². The Bertz CT molecular complexity index is 23.0. The van der Waals surface area contributed by atoms with Gasteiger partial charge in [0.15, 0.2) is 0 Å². The molecule has 0 amide bonds. The summed E-state index contributed by atoms with van der Waals surface area (Å²) in [7, 11) is 0. The van der Waals surface area contributed by atoms with Crippen molar-refractivity contribution in [3.05, 3.63) is 6.54 Å². The highest BCUT2D eigenvalue weighted by molar-refractivity contribution is 4.63. The van der Waals surface area contributed by atoms with Gasteiger partial charge >= 0.3 is 0 Å². The maximum Gasteiger partial charge on any atom is 0.0636 e.